The van der Waals surface area contributed by atoms with Crippen molar-refractivity contribution in [3.05, 3.63) is 63.8 Å². The van der Waals surface area contributed by atoms with E-state index in [1.807, 2.05) is 6.07 Å². The Morgan fingerprint density at radius 1 is 1.07 bits per heavy atom. The lowest BCUT2D eigenvalue weighted by molar-refractivity contribution is -0.114. The number of carbonyl (C=O) groups excluding carboxylic acids is 2. The van der Waals surface area contributed by atoms with E-state index in [4.69, 9.17) is 4.74 Å². The molecule has 0 saturated carbocycles. The molecule has 0 radical (unpaired) electrons. The Balaban J connectivity index is 1.63. The predicted octanol–water partition coefficient (Wildman–Crippen LogP) is 4.51. The number of phenols is 1. The number of hydrogen-bond acceptors (Lipinski definition) is 5. The van der Waals surface area contributed by atoms with Crippen LogP contribution in [0.4, 0.5) is 0 Å². The molecule has 1 aliphatic rings. The summed E-state index contributed by atoms with van der Waals surface area (Å²) in [5.74, 6) is -0.298. The number of benzene rings is 2. The maximum Gasteiger partial charge on any atom is 0.260 e. The molecule has 0 aromatic heterocycles. The summed E-state index contributed by atoms with van der Waals surface area (Å²) >= 11 is 3.38. The van der Waals surface area contributed by atoms with E-state index < -0.39 is 11.8 Å². The highest BCUT2D eigenvalue weighted by molar-refractivity contribution is 9.10. The van der Waals surface area contributed by atoms with Crippen LogP contribution in [0.1, 0.15) is 54.1 Å². The average Bonchev–Trinajstić information content (AvgIpc) is 2.71. The van der Waals surface area contributed by atoms with E-state index in [0.717, 1.165) is 22.9 Å². The van der Waals surface area contributed by atoms with Crippen LogP contribution in [-0.2, 0) is 11.3 Å². The van der Waals surface area contributed by atoms with Crippen LogP contribution in [0.2, 0.25) is 0 Å². The smallest absolute Gasteiger partial charge is 0.260 e. The molecule has 0 unspecified atom stereocenters. The number of unbranched alkanes of at least 4 members (excludes halogenated alkanes) is 3. The molecule has 0 saturated heterocycles. The van der Waals surface area contributed by atoms with Gasteiger partial charge >= 0.3 is 0 Å². The first-order valence-electron chi connectivity index (χ1n) is 10.0. The molecule has 30 heavy (non-hydrogen) atoms. The van der Waals surface area contributed by atoms with Gasteiger partial charge in [-0.3, -0.25) is 14.9 Å². The molecule has 7 heteroatoms. The van der Waals surface area contributed by atoms with E-state index in [9.17, 15) is 14.7 Å². The van der Waals surface area contributed by atoms with Gasteiger partial charge in [-0.25, -0.2) is 0 Å². The van der Waals surface area contributed by atoms with Crippen LogP contribution in [-0.4, -0.2) is 23.5 Å². The third-order valence-electron chi connectivity index (χ3n) is 4.82. The summed E-state index contributed by atoms with van der Waals surface area (Å²) in [6, 6.07) is 10.4. The van der Waals surface area contributed by atoms with Crippen molar-refractivity contribution in [3.63, 3.8) is 0 Å². The first-order chi connectivity index (χ1) is 14.5. The number of aromatic hydroxyl groups is 1. The predicted molar refractivity (Wildman–Crippen MR) is 119 cm³/mol. The average molecular weight is 473 g/mol. The van der Waals surface area contributed by atoms with E-state index in [1.165, 1.54) is 12.8 Å². The van der Waals surface area contributed by atoms with Gasteiger partial charge < -0.3 is 15.2 Å². The fourth-order valence-electron chi connectivity index (χ4n) is 3.22. The number of carbonyl (C=O) groups is 2. The number of ether oxygens (including phenoxy) is 1. The number of halogens is 1. The van der Waals surface area contributed by atoms with Crippen LogP contribution >= 0.6 is 15.9 Å². The number of imide groups is 1. The van der Waals surface area contributed by atoms with Crippen LogP contribution in [0.15, 0.2) is 47.1 Å². The zero-order valence-corrected chi connectivity index (χ0v) is 18.4. The Hall–Kier alpha value is -2.80. The standard InChI is InChI=1S/C23H25BrN2O4/c1-2-3-4-5-10-30-21-9-6-15(11-20(21)27)13-25-14-19-18-12-16(24)7-8-17(18)22(28)26-23(19)29/h6-9,11-12,14,25,27H,2-5,10,13H2,1H3,(H,26,28,29). The Bertz CT molecular complexity index is 972. The van der Waals surface area contributed by atoms with Crippen molar-refractivity contribution in [3.8, 4) is 11.5 Å². The van der Waals surface area contributed by atoms with Crippen molar-refractivity contribution in [2.45, 2.75) is 39.2 Å². The van der Waals surface area contributed by atoms with E-state index in [1.54, 1.807) is 36.5 Å². The zero-order chi connectivity index (χ0) is 21.5. The maximum atomic E-state index is 12.3. The molecular weight excluding hydrogens is 448 g/mol. The van der Waals surface area contributed by atoms with Gasteiger partial charge in [0, 0.05) is 28.3 Å². The third-order valence-corrected chi connectivity index (χ3v) is 5.31. The van der Waals surface area contributed by atoms with Gasteiger partial charge in [-0.15, -0.1) is 0 Å². The number of hydrogen-bond donors (Lipinski definition) is 3. The largest absolute Gasteiger partial charge is 0.504 e. The third kappa shape index (κ3) is 5.42. The van der Waals surface area contributed by atoms with Crippen molar-refractivity contribution in [1.29, 1.82) is 0 Å². The SMILES string of the molecule is CCCCCCOc1ccc(CNC=C2C(=O)NC(=O)c3ccc(Br)cc32)cc1O. The summed E-state index contributed by atoms with van der Waals surface area (Å²) in [5.41, 5.74) is 2.23. The molecule has 1 aliphatic heterocycles. The lowest BCUT2D eigenvalue weighted by atomic mass is 9.95. The lowest BCUT2D eigenvalue weighted by Gasteiger charge is -2.18. The number of amides is 2. The van der Waals surface area contributed by atoms with Crippen LogP contribution in [0.5, 0.6) is 11.5 Å². The fourth-order valence-corrected chi connectivity index (χ4v) is 3.58. The molecular formula is C23H25BrN2O4. The second kappa shape index (κ2) is 10.3. The van der Waals surface area contributed by atoms with Gasteiger partial charge in [0.15, 0.2) is 11.5 Å². The molecule has 1 heterocycles. The van der Waals surface area contributed by atoms with Crippen molar-refractivity contribution < 1.29 is 19.4 Å². The van der Waals surface area contributed by atoms with Crippen LogP contribution in [0.3, 0.4) is 0 Å². The van der Waals surface area contributed by atoms with Crippen molar-refractivity contribution in [2.24, 2.45) is 0 Å². The highest BCUT2D eigenvalue weighted by Gasteiger charge is 2.27. The van der Waals surface area contributed by atoms with Gasteiger partial charge in [0.1, 0.15) is 0 Å². The summed E-state index contributed by atoms with van der Waals surface area (Å²) in [6.07, 6.45) is 6.02. The van der Waals surface area contributed by atoms with Crippen molar-refractivity contribution in [1.82, 2.24) is 10.6 Å². The van der Waals surface area contributed by atoms with Gasteiger partial charge in [-0.2, -0.15) is 0 Å². The second-order valence-corrected chi connectivity index (χ2v) is 8.04. The number of nitrogens with one attached hydrogen (secondary N) is 2. The Morgan fingerprint density at radius 2 is 1.90 bits per heavy atom. The number of phenolic OH excluding ortho intramolecular Hbond substituents is 1. The minimum Gasteiger partial charge on any atom is -0.504 e. The van der Waals surface area contributed by atoms with Gasteiger partial charge in [-0.05, 0) is 42.3 Å². The van der Waals surface area contributed by atoms with Crippen LogP contribution in [0, 0.1) is 0 Å². The lowest BCUT2D eigenvalue weighted by Crippen LogP contribution is -2.37. The van der Waals surface area contributed by atoms with Gasteiger partial charge in [0.2, 0.25) is 0 Å². The molecule has 2 aromatic carbocycles. The van der Waals surface area contributed by atoms with Gasteiger partial charge in [-0.1, -0.05) is 48.2 Å². The van der Waals surface area contributed by atoms with Gasteiger partial charge in [0.05, 0.1) is 12.2 Å². The first kappa shape index (κ1) is 21.9. The maximum absolute atomic E-state index is 12.3. The summed E-state index contributed by atoms with van der Waals surface area (Å²) in [4.78, 5) is 24.3. The van der Waals surface area contributed by atoms with E-state index in [0.29, 0.717) is 35.6 Å². The number of fused-ring (bicyclic) bond motifs is 1. The Morgan fingerprint density at radius 3 is 2.67 bits per heavy atom. The Kier molecular flexibility index (Phi) is 7.52. The summed E-state index contributed by atoms with van der Waals surface area (Å²) in [5, 5.41) is 15.6. The quantitative estimate of drug-likeness (QED) is 0.283. The molecule has 0 bridgehead atoms. The van der Waals surface area contributed by atoms with Gasteiger partial charge in [0.25, 0.3) is 11.8 Å². The van der Waals surface area contributed by atoms with Crippen LogP contribution < -0.4 is 15.4 Å². The minimum absolute atomic E-state index is 0.0905. The van der Waals surface area contributed by atoms with Crippen molar-refractivity contribution >= 4 is 33.3 Å². The zero-order valence-electron chi connectivity index (χ0n) is 16.8. The summed E-state index contributed by atoms with van der Waals surface area (Å²) < 4.78 is 6.42. The highest BCUT2D eigenvalue weighted by Crippen LogP contribution is 2.28. The summed E-state index contributed by atoms with van der Waals surface area (Å²) in [6.45, 7) is 3.14. The molecule has 6 nitrogen and oxygen atoms in total. The molecule has 158 valence electrons. The number of rotatable bonds is 9. The summed E-state index contributed by atoms with van der Waals surface area (Å²) in [7, 11) is 0. The monoisotopic (exact) mass is 472 g/mol. The fraction of sp³-hybridized carbons (Fsp3) is 0.304. The first-order valence-corrected chi connectivity index (χ1v) is 10.8. The molecule has 0 spiro atoms. The molecule has 0 fully saturated rings. The van der Waals surface area contributed by atoms with E-state index >= 15 is 0 Å². The molecule has 2 amide bonds. The normalized spacial score (nSPS) is 14.4. The van der Waals surface area contributed by atoms with Crippen LogP contribution in [0.25, 0.3) is 5.57 Å². The van der Waals surface area contributed by atoms with Crippen molar-refractivity contribution in [2.75, 3.05) is 6.61 Å². The highest BCUT2D eigenvalue weighted by atomic mass is 79.9. The second-order valence-electron chi connectivity index (χ2n) is 7.12. The molecule has 3 N–H and O–H groups in total. The topological polar surface area (TPSA) is 87.7 Å². The molecule has 0 aliphatic carbocycles. The molecule has 2 aromatic rings. The Labute approximate surface area is 184 Å². The minimum atomic E-state index is -0.451. The van der Waals surface area contributed by atoms with E-state index in [-0.39, 0.29) is 5.75 Å². The molecule has 3 rings (SSSR count). The van der Waals surface area contributed by atoms with E-state index in [2.05, 4.69) is 33.5 Å². The molecule has 0 atom stereocenters.